The van der Waals surface area contributed by atoms with Gasteiger partial charge >= 0.3 is 0 Å². The minimum atomic E-state index is 0.713. The second-order valence-electron chi connectivity index (χ2n) is 8.81. The van der Waals surface area contributed by atoms with Crippen LogP contribution in [0.15, 0.2) is 18.3 Å². The van der Waals surface area contributed by atoms with E-state index in [0.29, 0.717) is 6.61 Å². The minimum Gasteiger partial charge on any atom is -0.492 e. The van der Waals surface area contributed by atoms with E-state index in [9.17, 15) is 0 Å². The van der Waals surface area contributed by atoms with Crippen molar-refractivity contribution in [2.75, 3.05) is 6.61 Å². The van der Waals surface area contributed by atoms with E-state index in [1.54, 1.807) is 0 Å². The van der Waals surface area contributed by atoms with Crippen molar-refractivity contribution >= 4 is 0 Å². The SMILES string of the molecule is CCCC1CCC(C2CCC(CCc3ccc(OCC)cn3)CC2)CC1. The van der Waals surface area contributed by atoms with E-state index in [4.69, 9.17) is 4.74 Å². The molecule has 0 aliphatic heterocycles. The summed E-state index contributed by atoms with van der Waals surface area (Å²) in [6, 6.07) is 4.21. The molecular formula is C24H39NO. The van der Waals surface area contributed by atoms with Gasteiger partial charge in [-0.1, -0.05) is 45.4 Å². The molecule has 0 amide bonds. The monoisotopic (exact) mass is 357 g/mol. The van der Waals surface area contributed by atoms with Gasteiger partial charge in [0, 0.05) is 5.69 Å². The van der Waals surface area contributed by atoms with Crippen LogP contribution in [0.4, 0.5) is 0 Å². The fourth-order valence-electron chi connectivity index (χ4n) is 5.47. The molecule has 1 aromatic rings. The Morgan fingerprint density at radius 1 is 0.846 bits per heavy atom. The number of aromatic nitrogens is 1. The maximum atomic E-state index is 5.48. The first kappa shape index (κ1) is 19.7. The second-order valence-corrected chi connectivity index (χ2v) is 8.81. The third kappa shape index (κ3) is 5.72. The maximum Gasteiger partial charge on any atom is 0.137 e. The van der Waals surface area contributed by atoms with E-state index in [-0.39, 0.29) is 0 Å². The zero-order chi connectivity index (χ0) is 18.2. The van der Waals surface area contributed by atoms with Crippen molar-refractivity contribution in [3.05, 3.63) is 24.0 Å². The van der Waals surface area contributed by atoms with Crippen molar-refractivity contribution in [1.29, 1.82) is 0 Å². The third-order valence-corrected chi connectivity index (χ3v) is 7.06. The summed E-state index contributed by atoms with van der Waals surface area (Å²) in [6.45, 7) is 5.07. The summed E-state index contributed by atoms with van der Waals surface area (Å²) in [5.74, 6) is 4.96. The minimum absolute atomic E-state index is 0.713. The number of hydrogen-bond acceptors (Lipinski definition) is 2. The van der Waals surface area contributed by atoms with E-state index in [1.165, 1.54) is 76.3 Å². The van der Waals surface area contributed by atoms with Crippen molar-refractivity contribution in [2.24, 2.45) is 23.7 Å². The van der Waals surface area contributed by atoms with Crippen LogP contribution < -0.4 is 4.74 Å². The van der Waals surface area contributed by atoms with E-state index in [1.807, 2.05) is 13.1 Å². The first-order valence-electron chi connectivity index (χ1n) is 11.4. The molecule has 0 spiro atoms. The average molecular weight is 358 g/mol. The highest BCUT2D eigenvalue weighted by atomic mass is 16.5. The molecule has 3 rings (SSSR count). The zero-order valence-electron chi connectivity index (χ0n) is 17.1. The Morgan fingerprint density at radius 2 is 1.46 bits per heavy atom. The van der Waals surface area contributed by atoms with Gasteiger partial charge in [0.25, 0.3) is 0 Å². The number of aryl methyl sites for hydroxylation is 1. The number of nitrogens with zero attached hydrogens (tertiary/aromatic N) is 1. The summed E-state index contributed by atoms with van der Waals surface area (Å²) in [4.78, 5) is 4.57. The van der Waals surface area contributed by atoms with Gasteiger partial charge in [-0.15, -0.1) is 0 Å². The van der Waals surface area contributed by atoms with Gasteiger partial charge in [-0.25, -0.2) is 0 Å². The summed E-state index contributed by atoms with van der Waals surface area (Å²) < 4.78 is 5.48. The lowest BCUT2D eigenvalue weighted by atomic mass is 9.68. The van der Waals surface area contributed by atoms with Crippen LogP contribution in [0.25, 0.3) is 0 Å². The lowest BCUT2D eigenvalue weighted by Crippen LogP contribution is -2.26. The molecule has 2 fully saturated rings. The molecule has 2 aliphatic carbocycles. The van der Waals surface area contributed by atoms with Crippen LogP contribution in [-0.4, -0.2) is 11.6 Å². The van der Waals surface area contributed by atoms with Gasteiger partial charge in [-0.05, 0) is 81.3 Å². The highest BCUT2D eigenvalue weighted by Gasteiger charge is 2.30. The Hall–Kier alpha value is -1.05. The molecule has 0 aromatic carbocycles. The number of hydrogen-bond donors (Lipinski definition) is 0. The molecule has 0 saturated heterocycles. The van der Waals surface area contributed by atoms with E-state index >= 15 is 0 Å². The fraction of sp³-hybridized carbons (Fsp3) is 0.792. The molecule has 2 aliphatic rings. The maximum absolute atomic E-state index is 5.48. The van der Waals surface area contributed by atoms with Gasteiger partial charge in [0.05, 0.1) is 12.8 Å². The molecule has 0 radical (unpaired) electrons. The molecular weight excluding hydrogens is 318 g/mol. The molecule has 1 heterocycles. The van der Waals surface area contributed by atoms with Crippen LogP contribution in [0.2, 0.25) is 0 Å². The van der Waals surface area contributed by atoms with Crippen LogP contribution >= 0.6 is 0 Å². The van der Waals surface area contributed by atoms with E-state index < -0.39 is 0 Å². The molecule has 0 N–H and O–H groups in total. The average Bonchev–Trinajstić information content (AvgIpc) is 2.69. The van der Waals surface area contributed by atoms with E-state index in [2.05, 4.69) is 24.0 Å². The standard InChI is InChI=1S/C24H39NO/c1-3-5-19-6-11-21(12-7-19)22-13-8-20(9-14-22)10-15-23-16-17-24(18-25-23)26-4-2/h16-22H,3-15H2,1-2H3. The number of pyridine rings is 1. The second kappa shape index (κ2) is 10.3. The molecule has 1 aromatic heterocycles. The Kier molecular flexibility index (Phi) is 7.83. The summed E-state index contributed by atoms with van der Waals surface area (Å²) in [5.41, 5.74) is 1.23. The lowest BCUT2D eigenvalue weighted by molar-refractivity contribution is 0.141. The normalized spacial score (nSPS) is 29.5. The molecule has 146 valence electrons. The first-order valence-corrected chi connectivity index (χ1v) is 11.4. The van der Waals surface area contributed by atoms with Gasteiger partial charge in [0.1, 0.15) is 5.75 Å². The Labute approximate surface area is 161 Å². The highest BCUT2D eigenvalue weighted by molar-refractivity contribution is 5.19. The first-order chi connectivity index (χ1) is 12.8. The van der Waals surface area contributed by atoms with Gasteiger partial charge < -0.3 is 4.74 Å². The van der Waals surface area contributed by atoms with Crippen LogP contribution in [-0.2, 0) is 6.42 Å². The Morgan fingerprint density at radius 3 is 1.96 bits per heavy atom. The Balaban J connectivity index is 1.35. The highest BCUT2D eigenvalue weighted by Crippen LogP contribution is 2.42. The summed E-state index contributed by atoms with van der Waals surface area (Å²) in [5, 5.41) is 0. The fourth-order valence-corrected chi connectivity index (χ4v) is 5.47. The number of ether oxygens (including phenoxy) is 1. The van der Waals surface area contributed by atoms with Crippen molar-refractivity contribution in [2.45, 2.75) is 90.9 Å². The molecule has 2 nitrogen and oxygen atoms in total. The van der Waals surface area contributed by atoms with Gasteiger partial charge in [-0.2, -0.15) is 0 Å². The molecule has 2 saturated carbocycles. The molecule has 26 heavy (non-hydrogen) atoms. The van der Waals surface area contributed by atoms with Crippen molar-refractivity contribution in [1.82, 2.24) is 4.98 Å². The number of rotatable bonds is 8. The third-order valence-electron chi connectivity index (χ3n) is 7.06. The van der Waals surface area contributed by atoms with Crippen molar-refractivity contribution < 1.29 is 4.74 Å². The predicted molar refractivity (Wildman–Crippen MR) is 110 cm³/mol. The molecule has 0 atom stereocenters. The van der Waals surface area contributed by atoms with Crippen molar-refractivity contribution in [3.63, 3.8) is 0 Å². The van der Waals surface area contributed by atoms with Gasteiger partial charge in [0.2, 0.25) is 0 Å². The lowest BCUT2D eigenvalue weighted by Gasteiger charge is -2.38. The summed E-state index contributed by atoms with van der Waals surface area (Å²) >= 11 is 0. The zero-order valence-corrected chi connectivity index (χ0v) is 17.1. The van der Waals surface area contributed by atoms with Gasteiger partial charge in [-0.3, -0.25) is 4.98 Å². The smallest absolute Gasteiger partial charge is 0.137 e. The molecule has 2 heteroatoms. The molecule has 0 unspecified atom stereocenters. The predicted octanol–water partition coefficient (Wildman–Crippen LogP) is 6.83. The van der Waals surface area contributed by atoms with Crippen molar-refractivity contribution in [3.8, 4) is 5.75 Å². The van der Waals surface area contributed by atoms with Crippen LogP contribution in [0.3, 0.4) is 0 Å². The van der Waals surface area contributed by atoms with E-state index in [0.717, 1.165) is 35.8 Å². The summed E-state index contributed by atoms with van der Waals surface area (Å²) in [7, 11) is 0. The van der Waals surface area contributed by atoms with Crippen LogP contribution in [0.1, 0.15) is 90.2 Å². The molecule has 0 bridgehead atoms. The summed E-state index contributed by atoms with van der Waals surface area (Å²) in [6.07, 6.45) is 19.1. The van der Waals surface area contributed by atoms with Gasteiger partial charge in [0.15, 0.2) is 0 Å². The topological polar surface area (TPSA) is 22.1 Å². The largest absolute Gasteiger partial charge is 0.492 e. The van der Waals surface area contributed by atoms with Crippen LogP contribution in [0, 0.1) is 23.7 Å². The quantitative estimate of drug-likeness (QED) is 0.509. The van der Waals surface area contributed by atoms with Crippen LogP contribution in [0.5, 0.6) is 5.75 Å². The Bertz CT molecular complexity index is 495.